The number of nitrogens with zero attached hydrogens (tertiary/aromatic N) is 2. The first kappa shape index (κ1) is 15.4. The standard InChI is InChI=1S/C15H16F3N3/c1-2-6-21-14(11-3-7-19-8-4-11)12-10-20-9-5-13(12)15(16,17)18/h3-5,7-10,14,21H,2,6H2,1H3. The molecule has 0 aliphatic carbocycles. The third-order valence-electron chi connectivity index (χ3n) is 3.11. The summed E-state index contributed by atoms with van der Waals surface area (Å²) in [6, 6.07) is 3.87. The van der Waals surface area contributed by atoms with Gasteiger partial charge in [0.15, 0.2) is 0 Å². The largest absolute Gasteiger partial charge is 0.416 e. The molecule has 0 radical (unpaired) electrons. The highest BCUT2D eigenvalue weighted by Gasteiger charge is 2.35. The second-order valence-electron chi connectivity index (χ2n) is 4.63. The number of alkyl halides is 3. The Morgan fingerprint density at radius 3 is 2.38 bits per heavy atom. The Morgan fingerprint density at radius 2 is 1.76 bits per heavy atom. The molecular formula is C15H16F3N3. The Bertz CT molecular complexity index is 570. The Morgan fingerprint density at radius 1 is 1.10 bits per heavy atom. The number of halogens is 3. The fourth-order valence-corrected chi connectivity index (χ4v) is 2.15. The summed E-state index contributed by atoms with van der Waals surface area (Å²) in [5.41, 5.74) is 0.199. The zero-order valence-corrected chi connectivity index (χ0v) is 11.6. The second kappa shape index (κ2) is 6.67. The van der Waals surface area contributed by atoms with Crippen LogP contribution >= 0.6 is 0 Å². The van der Waals surface area contributed by atoms with Gasteiger partial charge in [0.05, 0.1) is 11.6 Å². The molecule has 0 bridgehead atoms. The van der Waals surface area contributed by atoms with E-state index in [1.807, 2.05) is 6.92 Å². The fourth-order valence-electron chi connectivity index (χ4n) is 2.15. The highest BCUT2D eigenvalue weighted by atomic mass is 19.4. The molecule has 6 heteroatoms. The predicted octanol–water partition coefficient (Wildman–Crippen LogP) is 3.58. The highest BCUT2D eigenvalue weighted by Crippen LogP contribution is 2.35. The van der Waals surface area contributed by atoms with Crippen molar-refractivity contribution in [1.82, 2.24) is 15.3 Å². The molecule has 0 amide bonds. The Labute approximate surface area is 121 Å². The zero-order valence-electron chi connectivity index (χ0n) is 11.6. The van der Waals surface area contributed by atoms with E-state index in [0.717, 1.165) is 24.2 Å². The van der Waals surface area contributed by atoms with Crippen LogP contribution in [0.3, 0.4) is 0 Å². The van der Waals surface area contributed by atoms with Crippen LogP contribution in [-0.2, 0) is 6.18 Å². The lowest BCUT2D eigenvalue weighted by Crippen LogP contribution is -2.26. The third kappa shape index (κ3) is 3.78. The summed E-state index contributed by atoms with van der Waals surface area (Å²) in [5.74, 6) is 0. The zero-order chi connectivity index (χ0) is 15.3. The van der Waals surface area contributed by atoms with Crippen LogP contribution in [0.5, 0.6) is 0 Å². The summed E-state index contributed by atoms with van der Waals surface area (Å²) in [6.07, 6.45) is 1.99. The first-order valence-corrected chi connectivity index (χ1v) is 6.68. The monoisotopic (exact) mass is 295 g/mol. The van der Waals surface area contributed by atoms with Gasteiger partial charge in [-0.25, -0.2) is 0 Å². The van der Waals surface area contributed by atoms with Crippen molar-refractivity contribution in [2.24, 2.45) is 0 Å². The SMILES string of the molecule is CCCNC(c1ccncc1)c1cnccc1C(F)(F)F. The molecule has 0 aliphatic heterocycles. The van der Waals surface area contributed by atoms with Crippen molar-refractivity contribution in [3.8, 4) is 0 Å². The number of hydrogen-bond donors (Lipinski definition) is 1. The van der Waals surface area contributed by atoms with Crippen LogP contribution in [0.25, 0.3) is 0 Å². The van der Waals surface area contributed by atoms with Crippen molar-refractivity contribution in [3.05, 3.63) is 59.7 Å². The Balaban J connectivity index is 2.47. The number of aromatic nitrogens is 2. The molecule has 2 aromatic heterocycles. The summed E-state index contributed by atoms with van der Waals surface area (Å²) in [6.45, 7) is 2.57. The van der Waals surface area contributed by atoms with Gasteiger partial charge in [0.25, 0.3) is 0 Å². The van der Waals surface area contributed by atoms with Gasteiger partial charge in [-0.3, -0.25) is 9.97 Å². The van der Waals surface area contributed by atoms with Gasteiger partial charge in [-0.1, -0.05) is 6.92 Å². The van der Waals surface area contributed by atoms with E-state index < -0.39 is 17.8 Å². The van der Waals surface area contributed by atoms with E-state index in [-0.39, 0.29) is 5.56 Å². The van der Waals surface area contributed by atoms with Crippen molar-refractivity contribution < 1.29 is 13.2 Å². The average molecular weight is 295 g/mol. The molecule has 0 aromatic carbocycles. The Kier molecular flexibility index (Phi) is 4.90. The van der Waals surface area contributed by atoms with E-state index in [0.29, 0.717) is 6.54 Å². The summed E-state index contributed by atoms with van der Waals surface area (Å²) < 4.78 is 39.5. The van der Waals surface area contributed by atoms with Crippen LogP contribution in [0.1, 0.15) is 36.1 Å². The molecule has 0 aliphatic rings. The highest BCUT2D eigenvalue weighted by molar-refractivity contribution is 5.36. The predicted molar refractivity (Wildman–Crippen MR) is 73.6 cm³/mol. The maximum atomic E-state index is 13.2. The van der Waals surface area contributed by atoms with Crippen LogP contribution in [0, 0.1) is 0 Å². The molecule has 0 saturated carbocycles. The van der Waals surface area contributed by atoms with Crippen molar-refractivity contribution in [2.75, 3.05) is 6.54 Å². The van der Waals surface area contributed by atoms with E-state index in [9.17, 15) is 13.2 Å². The lowest BCUT2D eigenvalue weighted by molar-refractivity contribution is -0.138. The van der Waals surface area contributed by atoms with Crippen LogP contribution in [0.2, 0.25) is 0 Å². The number of nitrogens with one attached hydrogen (secondary N) is 1. The molecule has 21 heavy (non-hydrogen) atoms. The molecule has 1 unspecified atom stereocenters. The average Bonchev–Trinajstić information content (AvgIpc) is 2.48. The van der Waals surface area contributed by atoms with E-state index in [1.54, 1.807) is 24.5 Å². The minimum Gasteiger partial charge on any atom is -0.306 e. The molecule has 2 aromatic rings. The normalized spacial score (nSPS) is 13.1. The smallest absolute Gasteiger partial charge is 0.306 e. The van der Waals surface area contributed by atoms with E-state index in [1.165, 1.54) is 6.20 Å². The number of rotatable bonds is 5. The maximum absolute atomic E-state index is 13.2. The summed E-state index contributed by atoms with van der Waals surface area (Å²) >= 11 is 0. The van der Waals surface area contributed by atoms with Crippen molar-refractivity contribution in [3.63, 3.8) is 0 Å². The second-order valence-corrected chi connectivity index (χ2v) is 4.63. The molecular weight excluding hydrogens is 279 g/mol. The van der Waals surface area contributed by atoms with Crippen molar-refractivity contribution in [2.45, 2.75) is 25.6 Å². The molecule has 2 heterocycles. The van der Waals surface area contributed by atoms with Crippen molar-refractivity contribution in [1.29, 1.82) is 0 Å². The van der Waals surface area contributed by atoms with Crippen LogP contribution < -0.4 is 5.32 Å². The summed E-state index contributed by atoms with van der Waals surface area (Å²) in [5, 5.41) is 3.15. The molecule has 1 N–H and O–H groups in total. The minimum absolute atomic E-state index is 0.129. The fraction of sp³-hybridized carbons (Fsp3) is 0.333. The van der Waals surface area contributed by atoms with Gasteiger partial charge in [0.2, 0.25) is 0 Å². The van der Waals surface area contributed by atoms with Crippen molar-refractivity contribution >= 4 is 0 Å². The molecule has 112 valence electrons. The molecule has 1 atom stereocenters. The molecule has 0 saturated heterocycles. The van der Waals surface area contributed by atoms with Crippen LogP contribution in [0.15, 0.2) is 43.0 Å². The van der Waals surface area contributed by atoms with E-state index >= 15 is 0 Å². The van der Waals surface area contributed by atoms with Crippen LogP contribution in [0.4, 0.5) is 13.2 Å². The first-order valence-electron chi connectivity index (χ1n) is 6.68. The summed E-state index contributed by atoms with van der Waals surface area (Å²) in [4.78, 5) is 7.76. The lowest BCUT2D eigenvalue weighted by atomic mass is 9.96. The lowest BCUT2D eigenvalue weighted by Gasteiger charge is -2.22. The number of hydrogen-bond acceptors (Lipinski definition) is 3. The van der Waals surface area contributed by atoms with Gasteiger partial charge in [0, 0.05) is 30.4 Å². The quantitative estimate of drug-likeness (QED) is 0.916. The van der Waals surface area contributed by atoms with E-state index in [2.05, 4.69) is 15.3 Å². The van der Waals surface area contributed by atoms with Crippen LogP contribution in [-0.4, -0.2) is 16.5 Å². The van der Waals surface area contributed by atoms with Gasteiger partial charge >= 0.3 is 6.18 Å². The molecule has 2 rings (SSSR count). The van der Waals surface area contributed by atoms with Gasteiger partial charge < -0.3 is 5.32 Å². The molecule has 0 spiro atoms. The first-order chi connectivity index (χ1) is 10.0. The molecule has 3 nitrogen and oxygen atoms in total. The van der Waals surface area contributed by atoms with Gasteiger partial charge in [0.1, 0.15) is 0 Å². The minimum atomic E-state index is -4.41. The van der Waals surface area contributed by atoms with Gasteiger partial charge in [-0.05, 0) is 36.7 Å². The molecule has 0 fully saturated rings. The van der Waals surface area contributed by atoms with Gasteiger partial charge in [-0.15, -0.1) is 0 Å². The number of pyridine rings is 2. The Hall–Kier alpha value is -1.95. The third-order valence-corrected chi connectivity index (χ3v) is 3.11. The van der Waals surface area contributed by atoms with E-state index in [4.69, 9.17) is 0 Å². The van der Waals surface area contributed by atoms with Gasteiger partial charge in [-0.2, -0.15) is 13.2 Å². The maximum Gasteiger partial charge on any atom is 0.416 e. The summed E-state index contributed by atoms with van der Waals surface area (Å²) in [7, 11) is 0. The topological polar surface area (TPSA) is 37.8 Å².